The molecule has 2 aromatic rings. The van der Waals surface area contributed by atoms with Crippen LogP contribution in [0.15, 0.2) is 46.9 Å². The molecule has 1 aliphatic rings. The molecule has 2 atom stereocenters. The van der Waals surface area contributed by atoms with Gasteiger partial charge in [-0.3, -0.25) is 4.79 Å². The van der Waals surface area contributed by atoms with E-state index in [4.69, 9.17) is 9.52 Å². The highest BCUT2D eigenvalue weighted by atomic mass is 16.4. The number of furan rings is 1. The summed E-state index contributed by atoms with van der Waals surface area (Å²) in [7, 11) is 0. The van der Waals surface area contributed by atoms with Crippen LogP contribution in [0.25, 0.3) is 0 Å². The maximum Gasteiger partial charge on any atom is 0.371 e. The molecule has 1 N–H and O–H groups in total. The van der Waals surface area contributed by atoms with Gasteiger partial charge in [-0.05, 0) is 36.0 Å². The zero-order valence-electron chi connectivity index (χ0n) is 12.9. The fourth-order valence-electron chi connectivity index (χ4n) is 3.25. The molecule has 1 aromatic heterocycles. The molecule has 0 spiro atoms. The highest BCUT2D eigenvalue weighted by Crippen LogP contribution is 2.33. The topological polar surface area (TPSA) is 70.8 Å². The number of benzene rings is 1. The first-order chi connectivity index (χ1) is 11.1. The molecule has 1 aliphatic heterocycles. The van der Waals surface area contributed by atoms with Crippen molar-refractivity contribution >= 4 is 11.9 Å². The zero-order valence-corrected chi connectivity index (χ0v) is 12.9. The second-order valence-electron chi connectivity index (χ2n) is 6.00. The number of hydrogen-bond acceptors (Lipinski definition) is 3. The third-order valence-electron chi connectivity index (χ3n) is 4.45. The molecule has 0 radical (unpaired) electrons. The standard InChI is InChI=1S/C18H19NO4/c1-12-11-19(10-9-14(12)13-5-3-2-4-6-13)17(20)15-7-8-16(23-15)18(21)22/h2-8,12,14H,9-11H2,1H3,(H,21,22)/t12-,14-/m1/s1. The highest BCUT2D eigenvalue weighted by Gasteiger charge is 2.31. The lowest BCUT2D eigenvalue weighted by Crippen LogP contribution is -2.42. The third kappa shape index (κ3) is 3.13. The van der Waals surface area contributed by atoms with Crippen molar-refractivity contribution in [1.29, 1.82) is 0 Å². The molecule has 1 amide bonds. The van der Waals surface area contributed by atoms with Gasteiger partial charge < -0.3 is 14.4 Å². The molecular formula is C18H19NO4. The third-order valence-corrected chi connectivity index (χ3v) is 4.45. The number of carbonyl (C=O) groups is 2. The fourth-order valence-corrected chi connectivity index (χ4v) is 3.25. The summed E-state index contributed by atoms with van der Waals surface area (Å²) < 4.78 is 5.12. The van der Waals surface area contributed by atoms with Crippen molar-refractivity contribution < 1.29 is 19.1 Å². The number of piperidine rings is 1. The summed E-state index contributed by atoms with van der Waals surface area (Å²) >= 11 is 0. The van der Waals surface area contributed by atoms with Crippen molar-refractivity contribution in [3.8, 4) is 0 Å². The smallest absolute Gasteiger partial charge is 0.371 e. The summed E-state index contributed by atoms with van der Waals surface area (Å²) in [4.78, 5) is 25.1. The number of carboxylic acids is 1. The van der Waals surface area contributed by atoms with Gasteiger partial charge in [-0.15, -0.1) is 0 Å². The molecule has 120 valence electrons. The molecule has 1 saturated heterocycles. The van der Waals surface area contributed by atoms with Gasteiger partial charge in [0, 0.05) is 13.1 Å². The van der Waals surface area contributed by atoms with E-state index in [-0.39, 0.29) is 17.4 Å². The Kier molecular flexibility index (Phi) is 4.19. The maximum absolute atomic E-state index is 12.5. The van der Waals surface area contributed by atoms with Gasteiger partial charge in [0.25, 0.3) is 5.91 Å². The molecule has 1 fully saturated rings. The van der Waals surface area contributed by atoms with Gasteiger partial charge in [0.1, 0.15) is 0 Å². The molecule has 0 bridgehead atoms. The first-order valence-corrected chi connectivity index (χ1v) is 7.73. The molecule has 0 unspecified atom stereocenters. The Morgan fingerprint density at radius 3 is 2.43 bits per heavy atom. The minimum Gasteiger partial charge on any atom is -0.475 e. The van der Waals surface area contributed by atoms with Crippen LogP contribution in [0.1, 0.15) is 45.9 Å². The second kappa shape index (κ2) is 6.28. The van der Waals surface area contributed by atoms with E-state index in [0.29, 0.717) is 24.9 Å². The summed E-state index contributed by atoms with van der Waals surface area (Å²) in [5.74, 6) is -0.750. The number of rotatable bonds is 3. The highest BCUT2D eigenvalue weighted by molar-refractivity contribution is 5.93. The van der Waals surface area contributed by atoms with Crippen molar-refractivity contribution in [3.05, 3.63) is 59.5 Å². The van der Waals surface area contributed by atoms with Gasteiger partial charge in [-0.25, -0.2) is 4.79 Å². The largest absolute Gasteiger partial charge is 0.475 e. The molecular weight excluding hydrogens is 294 g/mol. The number of amides is 1. The number of nitrogens with zero attached hydrogens (tertiary/aromatic N) is 1. The lowest BCUT2D eigenvalue weighted by Gasteiger charge is -2.36. The van der Waals surface area contributed by atoms with Gasteiger partial charge in [0.05, 0.1) is 0 Å². The van der Waals surface area contributed by atoms with E-state index in [1.54, 1.807) is 4.90 Å². The van der Waals surface area contributed by atoms with Crippen LogP contribution in [0.4, 0.5) is 0 Å². The zero-order chi connectivity index (χ0) is 16.4. The van der Waals surface area contributed by atoms with E-state index in [2.05, 4.69) is 19.1 Å². The van der Waals surface area contributed by atoms with Crippen LogP contribution in [0, 0.1) is 5.92 Å². The Labute approximate surface area is 134 Å². The Hall–Kier alpha value is -2.56. The van der Waals surface area contributed by atoms with E-state index < -0.39 is 5.97 Å². The van der Waals surface area contributed by atoms with E-state index in [1.165, 1.54) is 17.7 Å². The van der Waals surface area contributed by atoms with Gasteiger partial charge in [0.15, 0.2) is 5.76 Å². The predicted molar refractivity (Wildman–Crippen MR) is 84.5 cm³/mol. The van der Waals surface area contributed by atoms with Crippen LogP contribution >= 0.6 is 0 Å². The lowest BCUT2D eigenvalue weighted by molar-refractivity contribution is 0.0610. The first kappa shape index (κ1) is 15.3. The average Bonchev–Trinajstić information content (AvgIpc) is 3.05. The van der Waals surface area contributed by atoms with E-state index in [9.17, 15) is 9.59 Å². The van der Waals surface area contributed by atoms with Crippen molar-refractivity contribution in [2.45, 2.75) is 19.3 Å². The van der Waals surface area contributed by atoms with E-state index >= 15 is 0 Å². The number of carboxylic acid groups (broad SMARTS) is 1. The second-order valence-corrected chi connectivity index (χ2v) is 6.00. The lowest BCUT2D eigenvalue weighted by atomic mass is 9.81. The molecule has 1 aromatic carbocycles. The van der Waals surface area contributed by atoms with E-state index in [0.717, 1.165) is 6.42 Å². The summed E-state index contributed by atoms with van der Waals surface area (Å²) in [6, 6.07) is 13.1. The van der Waals surface area contributed by atoms with Crippen molar-refractivity contribution in [2.75, 3.05) is 13.1 Å². The summed E-state index contributed by atoms with van der Waals surface area (Å²) in [5.41, 5.74) is 1.30. The Bertz CT molecular complexity index is 707. The quantitative estimate of drug-likeness (QED) is 0.944. The molecule has 3 rings (SSSR count). The van der Waals surface area contributed by atoms with Crippen LogP contribution in [0.3, 0.4) is 0 Å². The Balaban J connectivity index is 1.69. The van der Waals surface area contributed by atoms with Gasteiger partial charge in [-0.2, -0.15) is 0 Å². The number of likely N-dealkylation sites (tertiary alicyclic amines) is 1. The number of aromatic carboxylic acids is 1. The molecule has 5 nitrogen and oxygen atoms in total. The molecule has 5 heteroatoms. The normalized spacial score (nSPS) is 21.2. The summed E-state index contributed by atoms with van der Waals surface area (Å²) in [6.07, 6.45) is 0.892. The summed E-state index contributed by atoms with van der Waals surface area (Å²) in [5, 5.41) is 8.87. The minimum atomic E-state index is -1.17. The van der Waals surface area contributed by atoms with Crippen molar-refractivity contribution in [1.82, 2.24) is 4.90 Å². The number of carbonyl (C=O) groups excluding carboxylic acids is 1. The van der Waals surface area contributed by atoms with Gasteiger partial charge in [-0.1, -0.05) is 37.3 Å². The van der Waals surface area contributed by atoms with E-state index in [1.807, 2.05) is 18.2 Å². The molecule has 2 heterocycles. The fraction of sp³-hybridized carbons (Fsp3) is 0.333. The van der Waals surface area contributed by atoms with Crippen LogP contribution in [-0.4, -0.2) is 35.0 Å². The van der Waals surface area contributed by atoms with Crippen LogP contribution in [0.2, 0.25) is 0 Å². The first-order valence-electron chi connectivity index (χ1n) is 7.73. The average molecular weight is 313 g/mol. The van der Waals surface area contributed by atoms with Crippen molar-refractivity contribution in [3.63, 3.8) is 0 Å². The Morgan fingerprint density at radius 1 is 1.13 bits per heavy atom. The van der Waals surface area contributed by atoms with Crippen LogP contribution < -0.4 is 0 Å². The minimum absolute atomic E-state index is 0.0905. The monoisotopic (exact) mass is 313 g/mol. The molecule has 23 heavy (non-hydrogen) atoms. The van der Waals surface area contributed by atoms with Gasteiger partial charge >= 0.3 is 5.97 Å². The molecule has 0 aliphatic carbocycles. The van der Waals surface area contributed by atoms with Crippen LogP contribution in [-0.2, 0) is 0 Å². The number of hydrogen-bond donors (Lipinski definition) is 1. The van der Waals surface area contributed by atoms with Gasteiger partial charge in [0.2, 0.25) is 5.76 Å². The van der Waals surface area contributed by atoms with Crippen molar-refractivity contribution in [2.24, 2.45) is 5.92 Å². The maximum atomic E-state index is 12.5. The SMILES string of the molecule is C[C@@H]1CN(C(=O)c2ccc(C(=O)O)o2)CC[C@H]1c1ccccc1. The molecule has 0 saturated carbocycles. The predicted octanol–water partition coefficient (Wildman–Crippen LogP) is 3.24. The van der Waals surface area contributed by atoms with Crippen LogP contribution in [0.5, 0.6) is 0 Å². The summed E-state index contributed by atoms with van der Waals surface area (Å²) in [6.45, 7) is 3.43. The Morgan fingerprint density at radius 2 is 1.83 bits per heavy atom.